The zero-order chi connectivity index (χ0) is 17.9. The van der Waals surface area contributed by atoms with E-state index in [0.717, 1.165) is 24.4 Å². The van der Waals surface area contributed by atoms with E-state index in [1.165, 1.54) is 5.56 Å². The Morgan fingerprint density at radius 3 is 2.71 bits per heavy atom. The summed E-state index contributed by atoms with van der Waals surface area (Å²) < 4.78 is 0. The molecule has 0 bridgehead atoms. The van der Waals surface area contributed by atoms with Crippen LogP contribution in [-0.4, -0.2) is 64.7 Å². The number of likely N-dealkylation sites (N-methyl/N-ethyl adjacent to an activating group) is 1. The predicted molar refractivity (Wildman–Crippen MR) is 92.8 cm³/mol. The highest BCUT2D eigenvalue weighted by atomic mass is 16.2. The molecule has 1 aromatic rings. The van der Waals surface area contributed by atoms with Crippen LogP contribution in [0.3, 0.4) is 0 Å². The van der Waals surface area contributed by atoms with E-state index in [1.807, 2.05) is 32.6 Å². The molecule has 1 aromatic heterocycles. The van der Waals surface area contributed by atoms with Crippen molar-refractivity contribution >= 4 is 11.9 Å². The summed E-state index contributed by atoms with van der Waals surface area (Å²) in [5.74, 6) is 0.388. The van der Waals surface area contributed by atoms with E-state index >= 15 is 0 Å². The molecule has 2 rings (SSSR count). The van der Waals surface area contributed by atoms with Gasteiger partial charge in [-0.15, -0.1) is 0 Å². The van der Waals surface area contributed by atoms with Crippen molar-refractivity contribution in [2.24, 2.45) is 5.92 Å². The predicted octanol–water partition coefficient (Wildman–Crippen LogP) is 1.47. The van der Waals surface area contributed by atoms with Crippen LogP contribution in [0, 0.1) is 19.8 Å². The van der Waals surface area contributed by atoms with Gasteiger partial charge in [0.15, 0.2) is 0 Å². The quantitative estimate of drug-likeness (QED) is 0.826. The minimum atomic E-state index is -0.0933. The lowest BCUT2D eigenvalue weighted by molar-refractivity contribution is -0.129. The van der Waals surface area contributed by atoms with Crippen LogP contribution in [0.4, 0.5) is 4.79 Å². The first-order valence-corrected chi connectivity index (χ1v) is 8.58. The maximum atomic E-state index is 12.2. The highest BCUT2D eigenvalue weighted by molar-refractivity contribution is 5.79. The number of carbonyl (C=O) groups excluding carboxylic acids is 2. The third-order valence-corrected chi connectivity index (χ3v) is 4.73. The summed E-state index contributed by atoms with van der Waals surface area (Å²) in [6, 6.07) is 0.131. The van der Waals surface area contributed by atoms with Gasteiger partial charge in [0, 0.05) is 50.8 Å². The Balaban J connectivity index is 1.75. The lowest BCUT2D eigenvalue weighted by Crippen LogP contribution is -2.41. The molecule has 0 aromatic carbocycles. The molecule has 0 saturated carbocycles. The van der Waals surface area contributed by atoms with Crippen molar-refractivity contribution in [2.75, 3.05) is 26.7 Å². The molecule has 0 aliphatic carbocycles. The molecular weight excluding hydrogens is 306 g/mol. The van der Waals surface area contributed by atoms with Crippen LogP contribution >= 0.6 is 0 Å². The first kappa shape index (κ1) is 18.3. The van der Waals surface area contributed by atoms with Crippen molar-refractivity contribution in [3.8, 4) is 0 Å². The van der Waals surface area contributed by atoms with Gasteiger partial charge in [0.05, 0.1) is 5.69 Å². The molecule has 2 heterocycles. The Kier molecular flexibility index (Phi) is 5.85. The molecule has 2 N–H and O–H groups in total. The molecule has 7 heteroatoms. The average Bonchev–Trinajstić information content (AvgIpc) is 3.05. The summed E-state index contributed by atoms with van der Waals surface area (Å²) >= 11 is 0. The van der Waals surface area contributed by atoms with Gasteiger partial charge in [-0.1, -0.05) is 0 Å². The van der Waals surface area contributed by atoms with Crippen LogP contribution in [0.15, 0.2) is 0 Å². The van der Waals surface area contributed by atoms with E-state index in [0.29, 0.717) is 19.5 Å². The molecule has 1 saturated heterocycles. The molecule has 134 valence electrons. The van der Waals surface area contributed by atoms with Crippen LogP contribution in [0.1, 0.15) is 37.2 Å². The van der Waals surface area contributed by atoms with Gasteiger partial charge in [0.1, 0.15) is 0 Å². The normalized spacial score (nSPS) is 17.7. The average molecular weight is 335 g/mol. The monoisotopic (exact) mass is 335 g/mol. The number of hydrogen-bond acceptors (Lipinski definition) is 3. The second kappa shape index (κ2) is 7.68. The van der Waals surface area contributed by atoms with Crippen molar-refractivity contribution in [3.63, 3.8) is 0 Å². The summed E-state index contributed by atoms with van der Waals surface area (Å²) in [7, 11) is 1.79. The van der Waals surface area contributed by atoms with Gasteiger partial charge >= 0.3 is 6.03 Å². The number of amides is 3. The number of aromatic amines is 1. The van der Waals surface area contributed by atoms with Gasteiger partial charge in [-0.3, -0.25) is 9.89 Å². The smallest absolute Gasteiger partial charge is 0.317 e. The highest BCUT2D eigenvalue weighted by Gasteiger charge is 2.31. The molecule has 1 aliphatic rings. The van der Waals surface area contributed by atoms with Crippen LogP contribution in [0.2, 0.25) is 0 Å². The standard InChI is InChI=1S/C17H29N5O2/c1-11(2)22-10-14(8-16(22)23)9-18-17(24)21(5)7-6-15-12(3)19-20-13(15)4/h11,14H,6-10H2,1-5H3,(H,18,24)(H,19,20)/t14-/m1/s1. The SMILES string of the molecule is Cc1n[nH]c(C)c1CCN(C)C(=O)NC[C@H]1CC(=O)N(C(C)C)C1. The van der Waals surface area contributed by atoms with E-state index in [2.05, 4.69) is 15.5 Å². The zero-order valence-electron chi connectivity index (χ0n) is 15.3. The van der Waals surface area contributed by atoms with Crippen LogP contribution in [0.25, 0.3) is 0 Å². The number of hydrogen-bond donors (Lipinski definition) is 2. The van der Waals surface area contributed by atoms with Gasteiger partial charge in [-0.2, -0.15) is 5.10 Å². The Morgan fingerprint density at radius 1 is 1.46 bits per heavy atom. The molecule has 0 spiro atoms. The summed E-state index contributed by atoms with van der Waals surface area (Å²) in [5, 5.41) is 10.1. The van der Waals surface area contributed by atoms with E-state index < -0.39 is 0 Å². The molecule has 7 nitrogen and oxygen atoms in total. The molecule has 1 fully saturated rings. The Bertz CT molecular complexity index is 576. The van der Waals surface area contributed by atoms with Crippen molar-refractivity contribution in [3.05, 3.63) is 17.0 Å². The van der Waals surface area contributed by atoms with Crippen LogP contribution in [-0.2, 0) is 11.2 Å². The number of aromatic nitrogens is 2. The largest absolute Gasteiger partial charge is 0.340 e. The summed E-state index contributed by atoms with van der Waals surface area (Å²) in [4.78, 5) is 27.7. The molecule has 1 atom stereocenters. The van der Waals surface area contributed by atoms with E-state index in [1.54, 1.807) is 11.9 Å². The number of H-pyrrole nitrogens is 1. The fourth-order valence-corrected chi connectivity index (χ4v) is 3.13. The minimum Gasteiger partial charge on any atom is -0.340 e. The lowest BCUT2D eigenvalue weighted by atomic mass is 10.1. The van der Waals surface area contributed by atoms with Crippen molar-refractivity contribution in [1.29, 1.82) is 0 Å². The van der Waals surface area contributed by atoms with E-state index in [9.17, 15) is 9.59 Å². The lowest BCUT2D eigenvalue weighted by Gasteiger charge is -2.22. The van der Waals surface area contributed by atoms with E-state index in [-0.39, 0.29) is 23.9 Å². The molecule has 0 radical (unpaired) electrons. The number of nitrogens with zero attached hydrogens (tertiary/aromatic N) is 3. The minimum absolute atomic E-state index is 0.0933. The zero-order valence-corrected chi connectivity index (χ0v) is 15.3. The third kappa shape index (κ3) is 4.27. The summed E-state index contributed by atoms with van der Waals surface area (Å²) in [6.07, 6.45) is 1.30. The van der Waals surface area contributed by atoms with Gasteiger partial charge in [-0.05, 0) is 39.7 Å². The Morgan fingerprint density at radius 2 is 2.17 bits per heavy atom. The summed E-state index contributed by atoms with van der Waals surface area (Å²) in [6.45, 7) is 9.91. The topological polar surface area (TPSA) is 81.3 Å². The van der Waals surface area contributed by atoms with Gasteiger partial charge in [-0.25, -0.2) is 4.79 Å². The van der Waals surface area contributed by atoms with Gasteiger partial charge in [0.2, 0.25) is 5.91 Å². The van der Waals surface area contributed by atoms with Crippen molar-refractivity contribution in [2.45, 2.75) is 46.6 Å². The molecule has 3 amide bonds. The Hall–Kier alpha value is -2.05. The number of aryl methyl sites for hydroxylation is 2. The van der Waals surface area contributed by atoms with E-state index in [4.69, 9.17) is 0 Å². The Labute approximate surface area is 143 Å². The maximum absolute atomic E-state index is 12.2. The first-order valence-electron chi connectivity index (χ1n) is 8.58. The number of urea groups is 1. The second-order valence-electron chi connectivity index (χ2n) is 6.98. The van der Waals surface area contributed by atoms with Crippen LogP contribution in [0.5, 0.6) is 0 Å². The van der Waals surface area contributed by atoms with Crippen molar-refractivity contribution < 1.29 is 9.59 Å². The van der Waals surface area contributed by atoms with Crippen LogP contribution < -0.4 is 5.32 Å². The number of carbonyl (C=O) groups is 2. The molecule has 0 unspecified atom stereocenters. The molecule has 24 heavy (non-hydrogen) atoms. The number of rotatable bonds is 6. The van der Waals surface area contributed by atoms with Crippen molar-refractivity contribution in [1.82, 2.24) is 25.3 Å². The molecular formula is C17H29N5O2. The molecule has 1 aliphatic heterocycles. The second-order valence-corrected chi connectivity index (χ2v) is 6.98. The maximum Gasteiger partial charge on any atom is 0.317 e. The number of likely N-dealkylation sites (tertiary alicyclic amines) is 1. The first-order chi connectivity index (χ1) is 11.3. The fraction of sp³-hybridized carbons (Fsp3) is 0.706. The van der Waals surface area contributed by atoms with Gasteiger partial charge in [0.25, 0.3) is 0 Å². The summed E-state index contributed by atoms with van der Waals surface area (Å²) in [5.41, 5.74) is 3.21. The fourth-order valence-electron chi connectivity index (χ4n) is 3.13. The highest BCUT2D eigenvalue weighted by Crippen LogP contribution is 2.19. The third-order valence-electron chi connectivity index (χ3n) is 4.73. The van der Waals surface area contributed by atoms with Gasteiger partial charge < -0.3 is 15.1 Å². The number of nitrogens with one attached hydrogen (secondary N) is 2.